The van der Waals surface area contributed by atoms with Crippen LogP contribution in [0.25, 0.3) is 0 Å². The molecular formula is C16H24BrClN2O. The molecule has 0 aromatic heterocycles. The third-order valence-electron chi connectivity index (χ3n) is 4.03. The average Bonchev–Trinajstić information content (AvgIpc) is 3.28. The minimum atomic E-state index is 0. The van der Waals surface area contributed by atoms with Gasteiger partial charge in [-0.25, -0.2) is 0 Å². The third kappa shape index (κ3) is 5.61. The summed E-state index contributed by atoms with van der Waals surface area (Å²) in [6, 6.07) is 8.20. The number of hydrogen-bond acceptors (Lipinski definition) is 2. The van der Waals surface area contributed by atoms with Gasteiger partial charge in [0.2, 0.25) is 5.91 Å². The molecule has 0 bridgehead atoms. The first-order chi connectivity index (χ1) is 9.61. The predicted molar refractivity (Wildman–Crippen MR) is 92.6 cm³/mol. The fraction of sp³-hybridized carbons (Fsp3) is 0.562. The molecule has 2 atom stereocenters. The number of carbonyl (C=O) groups is 1. The van der Waals surface area contributed by atoms with Crippen LogP contribution in [0.15, 0.2) is 28.7 Å². The summed E-state index contributed by atoms with van der Waals surface area (Å²) >= 11 is 3.54. The molecule has 2 unspecified atom stereocenters. The smallest absolute Gasteiger partial charge is 0.223 e. The first-order valence-corrected chi connectivity index (χ1v) is 8.17. The van der Waals surface area contributed by atoms with Crippen LogP contribution in [-0.4, -0.2) is 18.5 Å². The Balaban J connectivity index is 0.00000220. The highest BCUT2D eigenvalue weighted by Crippen LogP contribution is 2.31. The summed E-state index contributed by atoms with van der Waals surface area (Å²) in [5.74, 6) is 0.762. The van der Waals surface area contributed by atoms with Gasteiger partial charge in [-0.05, 0) is 43.2 Å². The van der Waals surface area contributed by atoms with E-state index in [2.05, 4.69) is 34.2 Å². The molecular weight excluding hydrogens is 352 g/mol. The Hall–Kier alpha value is -0.580. The van der Waals surface area contributed by atoms with Crippen molar-refractivity contribution >= 4 is 34.2 Å². The molecule has 0 radical (unpaired) electrons. The Kier molecular flexibility index (Phi) is 7.71. The fourth-order valence-electron chi connectivity index (χ4n) is 2.41. The number of carbonyl (C=O) groups excluding carboxylic acids is 1. The minimum Gasteiger partial charge on any atom is -0.354 e. The van der Waals surface area contributed by atoms with Crippen molar-refractivity contribution in [3.63, 3.8) is 0 Å². The Labute approximate surface area is 141 Å². The summed E-state index contributed by atoms with van der Waals surface area (Å²) in [7, 11) is 0. The molecule has 3 nitrogen and oxygen atoms in total. The van der Waals surface area contributed by atoms with Crippen molar-refractivity contribution in [3.05, 3.63) is 34.3 Å². The van der Waals surface area contributed by atoms with Crippen molar-refractivity contribution in [3.8, 4) is 0 Å². The molecule has 1 aromatic carbocycles. The van der Waals surface area contributed by atoms with E-state index in [1.165, 1.54) is 18.4 Å². The topological polar surface area (TPSA) is 55.1 Å². The lowest BCUT2D eigenvalue weighted by molar-refractivity contribution is -0.125. The molecule has 0 saturated heterocycles. The summed E-state index contributed by atoms with van der Waals surface area (Å²) in [4.78, 5) is 12.3. The minimum absolute atomic E-state index is 0. The number of amides is 1. The second kappa shape index (κ2) is 8.76. The predicted octanol–water partition coefficient (Wildman–Crippen LogP) is 3.29. The molecule has 118 valence electrons. The second-order valence-electron chi connectivity index (χ2n) is 5.65. The fourth-order valence-corrected chi connectivity index (χ4v) is 2.85. The number of rotatable bonds is 7. The van der Waals surface area contributed by atoms with Gasteiger partial charge in [-0.2, -0.15) is 0 Å². The molecule has 0 heterocycles. The van der Waals surface area contributed by atoms with Crippen molar-refractivity contribution < 1.29 is 4.79 Å². The van der Waals surface area contributed by atoms with Gasteiger partial charge in [-0.3, -0.25) is 4.79 Å². The largest absolute Gasteiger partial charge is 0.354 e. The maximum Gasteiger partial charge on any atom is 0.223 e. The lowest BCUT2D eigenvalue weighted by Gasteiger charge is -2.18. The molecule has 2 rings (SSSR count). The molecule has 0 spiro atoms. The highest BCUT2D eigenvalue weighted by molar-refractivity contribution is 9.10. The lowest BCUT2D eigenvalue weighted by Crippen LogP contribution is -2.41. The van der Waals surface area contributed by atoms with Gasteiger partial charge in [0.05, 0.1) is 0 Å². The zero-order chi connectivity index (χ0) is 14.5. The van der Waals surface area contributed by atoms with Crippen LogP contribution < -0.4 is 11.1 Å². The monoisotopic (exact) mass is 374 g/mol. The summed E-state index contributed by atoms with van der Waals surface area (Å²) in [5.41, 5.74) is 7.20. The van der Waals surface area contributed by atoms with Crippen LogP contribution in [0.5, 0.6) is 0 Å². The highest BCUT2D eigenvalue weighted by atomic mass is 79.9. The van der Waals surface area contributed by atoms with E-state index in [0.29, 0.717) is 12.5 Å². The van der Waals surface area contributed by atoms with E-state index in [1.54, 1.807) is 0 Å². The molecule has 1 aromatic rings. The van der Waals surface area contributed by atoms with E-state index in [1.807, 2.05) is 18.2 Å². The van der Waals surface area contributed by atoms with Crippen LogP contribution in [0.1, 0.15) is 31.7 Å². The average molecular weight is 376 g/mol. The molecule has 1 saturated carbocycles. The Morgan fingerprint density at radius 3 is 2.67 bits per heavy atom. The summed E-state index contributed by atoms with van der Waals surface area (Å²) < 4.78 is 1.07. The van der Waals surface area contributed by atoms with E-state index in [-0.39, 0.29) is 30.3 Å². The first kappa shape index (κ1) is 18.5. The quantitative estimate of drug-likeness (QED) is 0.768. The van der Waals surface area contributed by atoms with Gasteiger partial charge in [0.25, 0.3) is 0 Å². The van der Waals surface area contributed by atoms with Crippen LogP contribution in [0.2, 0.25) is 0 Å². The van der Waals surface area contributed by atoms with Gasteiger partial charge in [0.1, 0.15) is 0 Å². The van der Waals surface area contributed by atoms with E-state index in [4.69, 9.17) is 5.73 Å². The zero-order valence-electron chi connectivity index (χ0n) is 12.3. The number of hydrogen-bond donors (Lipinski definition) is 2. The molecule has 5 heteroatoms. The van der Waals surface area contributed by atoms with E-state index >= 15 is 0 Å². The summed E-state index contributed by atoms with van der Waals surface area (Å²) in [6.07, 6.45) is 4.03. The maximum absolute atomic E-state index is 12.3. The maximum atomic E-state index is 12.3. The summed E-state index contributed by atoms with van der Waals surface area (Å²) in [6.45, 7) is 2.66. The number of nitrogens with two attached hydrogens (primary N) is 1. The van der Waals surface area contributed by atoms with Crippen molar-refractivity contribution in [1.82, 2.24) is 5.32 Å². The lowest BCUT2D eigenvalue weighted by atomic mass is 9.96. The van der Waals surface area contributed by atoms with Gasteiger partial charge in [-0.15, -0.1) is 12.4 Å². The van der Waals surface area contributed by atoms with Crippen LogP contribution >= 0.6 is 28.3 Å². The standard InChI is InChI=1S/C16H23BrN2O.ClH/c1-2-11(9-13-5-3-4-6-14(13)17)16(20)19-10-15(18)12-7-8-12;/h3-6,11-12,15H,2,7-10,18H2,1H3,(H,19,20);1H. The Morgan fingerprint density at radius 2 is 2.10 bits per heavy atom. The zero-order valence-corrected chi connectivity index (χ0v) is 14.8. The van der Waals surface area contributed by atoms with Crippen molar-refractivity contribution in [2.45, 2.75) is 38.6 Å². The van der Waals surface area contributed by atoms with Gasteiger partial charge >= 0.3 is 0 Å². The van der Waals surface area contributed by atoms with Crippen LogP contribution in [0.3, 0.4) is 0 Å². The van der Waals surface area contributed by atoms with Gasteiger partial charge in [-0.1, -0.05) is 41.1 Å². The summed E-state index contributed by atoms with van der Waals surface area (Å²) in [5, 5.41) is 3.02. The van der Waals surface area contributed by atoms with E-state index in [9.17, 15) is 4.79 Å². The van der Waals surface area contributed by atoms with Gasteiger partial charge < -0.3 is 11.1 Å². The number of benzene rings is 1. The van der Waals surface area contributed by atoms with E-state index in [0.717, 1.165) is 17.3 Å². The van der Waals surface area contributed by atoms with Crippen LogP contribution in [0.4, 0.5) is 0 Å². The molecule has 3 N–H and O–H groups in total. The Bertz CT molecular complexity index is 465. The molecule has 1 amide bonds. The Morgan fingerprint density at radius 1 is 1.43 bits per heavy atom. The highest BCUT2D eigenvalue weighted by Gasteiger charge is 2.29. The van der Waals surface area contributed by atoms with Crippen LogP contribution in [-0.2, 0) is 11.2 Å². The number of halogens is 2. The molecule has 1 aliphatic carbocycles. The van der Waals surface area contributed by atoms with Crippen molar-refractivity contribution in [2.75, 3.05) is 6.54 Å². The SMILES string of the molecule is CCC(Cc1ccccc1Br)C(=O)NCC(N)C1CC1.Cl. The molecule has 21 heavy (non-hydrogen) atoms. The van der Waals surface area contributed by atoms with Crippen LogP contribution in [0, 0.1) is 11.8 Å². The van der Waals surface area contributed by atoms with E-state index < -0.39 is 0 Å². The first-order valence-electron chi connectivity index (χ1n) is 7.38. The molecule has 1 aliphatic rings. The van der Waals surface area contributed by atoms with Gasteiger partial charge in [0.15, 0.2) is 0 Å². The normalized spacial score (nSPS) is 16.7. The van der Waals surface area contributed by atoms with Crippen molar-refractivity contribution in [2.24, 2.45) is 17.6 Å². The van der Waals surface area contributed by atoms with Gasteiger partial charge in [0, 0.05) is 23.0 Å². The second-order valence-corrected chi connectivity index (χ2v) is 6.50. The van der Waals surface area contributed by atoms with Crippen molar-refractivity contribution in [1.29, 1.82) is 0 Å². The number of nitrogens with one attached hydrogen (secondary N) is 1. The molecule has 0 aliphatic heterocycles. The third-order valence-corrected chi connectivity index (χ3v) is 4.80. The molecule has 1 fully saturated rings.